The van der Waals surface area contributed by atoms with E-state index < -0.39 is 0 Å². The smallest absolute Gasteiger partial charge is 0.164 e. The molecule has 0 aliphatic rings. The Morgan fingerprint density at radius 1 is 0.299 bits per heavy atom. The third kappa shape index (κ3) is 9.00. The highest BCUT2D eigenvalue weighted by Crippen LogP contribution is 2.49. The van der Waals surface area contributed by atoms with Gasteiger partial charge in [-0.1, -0.05) is 237 Å². The van der Waals surface area contributed by atoms with E-state index in [4.69, 9.17) is 15.0 Å². The largest absolute Gasteiger partial charge is 0.309 e. The lowest BCUT2D eigenvalue weighted by Gasteiger charge is -2.24. The summed E-state index contributed by atoms with van der Waals surface area (Å²) in [4.78, 5) is 15.5. The van der Waals surface area contributed by atoms with E-state index in [2.05, 4.69) is 281 Å². The second kappa shape index (κ2) is 18.7. The summed E-state index contributed by atoms with van der Waals surface area (Å²) in [5.41, 5.74) is 19.9. The van der Waals surface area contributed by atoms with Crippen LogP contribution in [-0.4, -0.2) is 19.5 Å². The van der Waals surface area contributed by atoms with Crippen molar-refractivity contribution in [1.29, 1.82) is 0 Å². The van der Waals surface area contributed by atoms with Crippen molar-refractivity contribution in [2.75, 3.05) is 0 Å². The molecule has 0 amide bonds. The van der Waals surface area contributed by atoms with Crippen LogP contribution in [0, 0.1) is 13.8 Å². The fraction of sp³-hybridized carbons (Fsp3) is 0.192. The first-order valence-electron chi connectivity index (χ1n) is 27.2. The SMILES string of the molecule is Cc1ccc2c(c1)c1cc(C)ccc1n2-c1ccccc1-c1c2ccccc2c(-c2ccccc2-c2ccc(-c3nc(-c4ccc(C(C)(C)C)cc4)nc(-c4ccc(C(C)(C)C)cc4)n3)cc2)c2cc(C(C)(C)C)ccc12. The van der Waals surface area contributed by atoms with Crippen molar-refractivity contribution in [1.82, 2.24) is 19.5 Å². The van der Waals surface area contributed by atoms with Crippen molar-refractivity contribution in [2.24, 2.45) is 0 Å². The van der Waals surface area contributed by atoms with Crippen molar-refractivity contribution >= 4 is 43.4 Å². The van der Waals surface area contributed by atoms with Crippen LogP contribution in [0.15, 0.2) is 200 Å². The highest BCUT2D eigenvalue weighted by atomic mass is 15.0. The van der Waals surface area contributed by atoms with Crippen LogP contribution in [-0.2, 0) is 16.2 Å². The Balaban J connectivity index is 1.03. The summed E-state index contributed by atoms with van der Waals surface area (Å²) in [6.07, 6.45) is 0. The van der Waals surface area contributed by atoms with Gasteiger partial charge in [0.15, 0.2) is 17.5 Å². The Labute approximate surface area is 454 Å². The Hall–Kier alpha value is -8.47. The van der Waals surface area contributed by atoms with Crippen LogP contribution in [0.2, 0.25) is 0 Å². The van der Waals surface area contributed by atoms with E-state index in [1.807, 2.05) is 0 Å². The van der Waals surface area contributed by atoms with Crippen LogP contribution < -0.4 is 0 Å². The van der Waals surface area contributed by atoms with E-state index in [1.54, 1.807) is 0 Å². The summed E-state index contributed by atoms with van der Waals surface area (Å²) in [6, 6.07) is 74.1. The van der Waals surface area contributed by atoms with Gasteiger partial charge in [-0.25, -0.2) is 15.0 Å². The zero-order valence-corrected chi connectivity index (χ0v) is 46.3. The van der Waals surface area contributed by atoms with E-state index in [0.29, 0.717) is 17.5 Å². The third-order valence-corrected chi connectivity index (χ3v) is 15.7. The lowest BCUT2D eigenvalue weighted by molar-refractivity contribution is 0.590. The van der Waals surface area contributed by atoms with Crippen LogP contribution in [0.5, 0.6) is 0 Å². The second-order valence-electron chi connectivity index (χ2n) is 24.3. The Morgan fingerprint density at radius 3 is 1.16 bits per heavy atom. The molecule has 378 valence electrons. The maximum Gasteiger partial charge on any atom is 0.164 e. The standard InChI is InChI=1S/C73H66N4/c1-45-24-40-64-60(42-45)61-43-46(2)25-41-65(61)77(64)63-23-17-16-22-59(63)66-56-20-14-15-21-57(56)67(62-44-53(73(9,10)11)38-39-58(62)66)55-19-13-12-18-54(55)47-26-28-48(29-27-47)68-74-69(49-30-34-51(35-31-49)71(3,4)5)76-70(75-68)50-32-36-52(37-33-50)72(6,7)8/h12-44H,1-11H3. The molecule has 0 aliphatic heterocycles. The summed E-state index contributed by atoms with van der Waals surface area (Å²) in [5.74, 6) is 1.94. The lowest BCUT2D eigenvalue weighted by Crippen LogP contribution is -2.10. The molecular weight excluding hydrogens is 933 g/mol. The summed E-state index contributed by atoms with van der Waals surface area (Å²) < 4.78 is 2.49. The molecule has 0 saturated carbocycles. The van der Waals surface area contributed by atoms with Gasteiger partial charge in [0.25, 0.3) is 0 Å². The fourth-order valence-corrected chi connectivity index (χ4v) is 11.4. The fourth-order valence-electron chi connectivity index (χ4n) is 11.4. The number of hydrogen-bond acceptors (Lipinski definition) is 3. The first-order valence-corrected chi connectivity index (χ1v) is 27.2. The molecule has 0 saturated heterocycles. The van der Waals surface area contributed by atoms with Gasteiger partial charge in [0.1, 0.15) is 0 Å². The second-order valence-corrected chi connectivity index (χ2v) is 24.3. The quantitative estimate of drug-likeness (QED) is 0.149. The minimum Gasteiger partial charge on any atom is -0.309 e. The van der Waals surface area contributed by atoms with E-state index >= 15 is 0 Å². The highest BCUT2D eigenvalue weighted by Gasteiger charge is 2.25. The number of hydrogen-bond donors (Lipinski definition) is 0. The Bertz CT molecular complexity index is 4110. The lowest BCUT2D eigenvalue weighted by atomic mass is 9.80. The van der Waals surface area contributed by atoms with Gasteiger partial charge < -0.3 is 4.57 Å². The molecule has 0 aliphatic carbocycles. The number of benzene rings is 10. The van der Waals surface area contributed by atoms with Crippen molar-refractivity contribution in [3.8, 4) is 73.2 Å². The van der Waals surface area contributed by atoms with Gasteiger partial charge in [0.2, 0.25) is 0 Å². The molecule has 0 radical (unpaired) electrons. The zero-order chi connectivity index (χ0) is 53.5. The highest BCUT2D eigenvalue weighted by molar-refractivity contribution is 6.23. The van der Waals surface area contributed by atoms with Gasteiger partial charge in [-0.15, -0.1) is 0 Å². The van der Waals surface area contributed by atoms with Crippen LogP contribution in [0.3, 0.4) is 0 Å². The van der Waals surface area contributed by atoms with Gasteiger partial charge in [-0.2, -0.15) is 0 Å². The summed E-state index contributed by atoms with van der Waals surface area (Å²) in [7, 11) is 0. The van der Waals surface area contributed by atoms with Crippen molar-refractivity contribution in [2.45, 2.75) is 92.4 Å². The van der Waals surface area contributed by atoms with Crippen molar-refractivity contribution in [3.63, 3.8) is 0 Å². The molecule has 4 heteroatoms. The molecule has 77 heavy (non-hydrogen) atoms. The molecule has 10 aromatic carbocycles. The molecule has 0 fully saturated rings. The predicted octanol–water partition coefficient (Wildman–Crippen LogP) is 19.8. The summed E-state index contributed by atoms with van der Waals surface area (Å²) in [5, 5.41) is 7.43. The number of aryl methyl sites for hydroxylation is 2. The monoisotopic (exact) mass is 999 g/mol. The molecule has 0 N–H and O–H groups in total. The topological polar surface area (TPSA) is 43.6 Å². The van der Waals surface area contributed by atoms with Gasteiger partial charge in [0, 0.05) is 33.0 Å². The summed E-state index contributed by atoms with van der Waals surface area (Å²) >= 11 is 0. The maximum absolute atomic E-state index is 5.18. The van der Waals surface area contributed by atoms with Crippen LogP contribution >= 0.6 is 0 Å². The third-order valence-electron chi connectivity index (χ3n) is 15.7. The molecule has 0 atom stereocenters. The first-order chi connectivity index (χ1) is 36.9. The van der Waals surface area contributed by atoms with Gasteiger partial charge in [-0.3, -0.25) is 0 Å². The molecule has 2 aromatic heterocycles. The van der Waals surface area contributed by atoms with E-state index in [-0.39, 0.29) is 16.2 Å². The molecule has 12 aromatic rings. The number of aromatic nitrogens is 4. The Morgan fingerprint density at radius 2 is 0.675 bits per heavy atom. The molecular formula is C73H66N4. The van der Waals surface area contributed by atoms with Crippen LogP contribution in [0.4, 0.5) is 0 Å². The number of nitrogens with zero attached hydrogens (tertiary/aromatic N) is 4. The normalized spacial score (nSPS) is 12.4. The Kier molecular flexibility index (Phi) is 12.0. The molecule has 12 rings (SSSR count). The minimum atomic E-state index is -0.0791. The van der Waals surface area contributed by atoms with Crippen molar-refractivity contribution in [3.05, 3.63) is 228 Å². The van der Waals surface area contributed by atoms with Gasteiger partial charge >= 0.3 is 0 Å². The van der Waals surface area contributed by atoms with E-state index in [9.17, 15) is 0 Å². The zero-order valence-electron chi connectivity index (χ0n) is 46.3. The van der Waals surface area contributed by atoms with Crippen molar-refractivity contribution < 1.29 is 0 Å². The van der Waals surface area contributed by atoms with Crippen LogP contribution in [0.25, 0.3) is 117 Å². The summed E-state index contributed by atoms with van der Waals surface area (Å²) in [6.45, 7) is 24.8. The predicted molar refractivity (Wildman–Crippen MR) is 327 cm³/mol. The average molecular weight is 999 g/mol. The molecule has 4 nitrogen and oxygen atoms in total. The molecule has 0 unspecified atom stereocenters. The van der Waals surface area contributed by atoms with E-state index in [0.717, 1.165) is 33.5 Å². The van der Waals surface area contributed by atoms with Gasteiger partial charge in [-0.05, 0) is 133 Å². The van der Waals surface area contributed by atoms with Crippen LogP contribution in [0.1, 0.15) is 90.1 Å². The number of para-hydroxylation sites is 1. The molecule has 0 bridgehead atoms. The molecule has 2 heterocycles. The maximum atomic E-state index is 5.18. The van der Waals surface area contributed by atoms with E-state index in [1.165, 1.54) is 93.4 Å². The van der Waals surface area contributed by atoms with Gasteiger partial charge in [0.05, 0.1) is 16.7 Å². The first kappa shape index (κ1) is 49.4. The average Bonchev–Trinajstić information content (AvgIpc) is 3.98. The molecule has 0 spiro atoms. The number of fused-ring (bicyclic) bond motifs is 5. The minimum absolute atomic E-state index is 0.0302. The number of rotatable bonds is 7.